The topological polar surface area (TPSA) is 134 Å². The van der Waals surface area contributed by atoms with Crippen molar-refractivity contribution in [2.24, 2.45) is 5.92 Å². The van der Waals surface area contributed by atoms with E-state index in [1.54, 1.807) is 38.2 Å². The molecule has 250 valence electrons. The Bertz CT molecular complexity index is 1870. The number of hydrogen-bond donors (Lipinski definition) is 2. The van der Waals surface area contributed by atoms with Crippen molar-refractivity contribution in [1.82, 2.24) is 20.0 Å². The van der Waals surface area contributed by atoms with Gasteiger partial charge in [-0.3, -0.25) is 28.8 Å². The lowest BCUT2D eigenvalue weighted by Crippen LogP contribution is -2.48. The van der Waals surface area contributed by atoms with Gasteiger partial charge in [-0.1, -0.05) is 23.4 Å². The number of rotatable bonds is 9. The number of hydrogen-bond acceptors (Lipinski definition) is 7. The smallest absolute Gasteiger partial charge is 0.369 e. The first-order valence-corrected chi connectivity index (χ1v) is 15.2. The Morgan fingerprint density at radius 2 is 1.81 bits per heavy atom. The highest BCUT2D eigenvalue weighted by atomic mass is 35.5. The summed E-state index contributed by atoms with van der Waals surface area (Å²) in [4.78, 5) is 65.5. The predicted molar refractivity (Wildman–Crippen MR) is 169 cm³/mol. The van der Waals surface area contributed by atoms with Crippen LogP contribution in [0.4, 0.5) is 24.5 Å². The van der Waals surface area contributed by atoms with Crippen LogP contribution in [0.3, 0.4) is 0 Å². The van der Waals surface area contributed by atoms with Gasteiger partial charge in [0.1, 0.15) is 17.9 Å². The Hall–Kier alpha value is -5.16. The van der Waals surface area contributed by atoms with Crippen LogP contribution < -0.4 is 15.5 Å². The van der Waals surface area contributed by atoms with Gasteiger partial charge >= 0.3 is 6.18 Å². The largest absolute Gasteiger partial charge is 0.417 e. The quantitative estimate of drug-likeness (QED) is 0.197. The highest BCUT2D eigenvalue weighted by molar-refractivity contribution is 6.31. The molecule has 1 fully saturated rings. The van der Waals surface area contributed by atoms with Crippen LogP contribution >= 0.6 is 11.6 Å². The van der Waals surface area contributed by atoms with Crippen LogP contribution in [0.15, 0.2) is 48.8 Å². The lowest BCUT2D eigenvalue weighted by Gasteiger charge is -2.38. The number of carbonyl (C=O) groups is 5. The minimum Gasteiger partial charge on any atom is -0.369 e. The third-order valence-electron chi connectivity index (χ3n) is 8.23. The van der Waals surface area contributed by atoms with Crippen molar-refractivity contribution in [3.8, 4) is 11.8 Å². The van der Waals surface area contributed by atoms with Gasteiger partial charge in [0, 0.05) is 44.1 Å². The fourth-order valence-corrected chi connectivity index (χ4v) is 5.65. The number of alkyl halides is 3. The van der Waals surface area contributed by atoms with Crippen LogP contribution in [0.5, 0.6) is 0 Å². The monoisotopic (exact) mass is 682 g/mol. The van der Waals surface area contributed by atoms with Crippen molar-refractivity contribution in [2.45, 2.75) is 44.4 Å². The molecular weight excluding hydrogens is 653 g/mol. The van der Waals surface area contributed by atoms with E-state index in [1.807, 2.05) is 4.90 Å². The first-order chi connectivity index (χ1) is 22.6. The Kier molecular flexibility index (Phi) is 9.37. The Morgan fingerprint density at radius 3 is 2.46 bits per heavy atom. The van der Waals surface area contributed by atoms with Gasteiger partial charge in [0.25, 0.3) is 17.7 Å². The molecule has 1 saturated heterocycles. The highest BCUT2D eigenvalue weighted by Crippen LogP contribution is 2.36. The van der Waals surface area contributed by atoms with Crippen LogP contribution in [0.1, 0.15) is 58.5 Å². The number of carbonyl (C=O) groups excluding carboxylic acids is 5. The van der Waals surface area contributed by atoms with Crippen molar-refractivity contribution in [2.75, 3.05) is 30.4 Å². The fraction of sp³-hybridized carbons (Fsp3) is 0.333. The van der Waals surface area contributed by atoms with Crippen LogP contribution in [0.25, 0.3) is 0 Å². The summed E-state index contributed by atoms with van der Waals surface area (Å²) in [5, 5.41) is 8.75. The van der Waals surface area contributed by atoms with E-state index >= 15 is 0 Å². The van der Waals surface area contributed by atoms with Gasteiger partial charge in [0.2, 0.25) is 5.91 Å². The molecule has 4 amide bonds. The number of nitrogens with one attached hydrogen (secondary N) is 2. The summed E-state index contributed by atoms with van der Waals surface area (Å²) in [5.41, 5.74) is -0.476. The summed E-state index contributed by atoms with van der Waals surface area (Å²) in [6, 6.07) is 6.78. The molecule has 1 unspecified atom stereocenters. The molecule has 0 bridgehead atoms. The van der Waals surface area contributed by atoms with Crippen molar-refractivity contribution >= 4 is 52.9 Å². The number of halogens is 4. The Labute approximate surface area is 278 Å². The molecule has 2 aliphatic rings. The molecule has 0 spiro atoms. The number of benzene rings is 2. The third kappa shape index (κ3) is 6.64. The summed E-state index contributed by atoms with van der Waals surface area (Å²) in [7, 11) is 1.40. The van der Waals surface area contributed by atoms with E-state index in [0.717, 1.165) is 23.1 Å². The van der Waals surface area contributed by atoms with Crippen molar-refractivity contribution in [3.63, 3.8) is 0 Å². The molecular formula is C33H30ClF3N6O5. The zero-order valence-electron chi connectivity index (χ0n) is 26.0. The zero-order chi connectivity index (χ0) is 35.0. The molecule has 5 rings (SSSR count). The molecule has 0 aliphatic carbocycles. The molecule has 1 atom stereocenters. The molecule has 0 radical (unpaired) electrons. The number of imide groups is 1. The summed E-state index contributed by atoms with van der Waals surface area (Å²) >= 11 is 5.77. The fourth-order valence-electron chi connectivity index (χ4n) is 5.37. The maximum absolute atomic E-state index is 13.2. The van der Waals surface area contributed by atoms with Gasteiger partial charge in [0.15, 0.2) is 0 Å². The van der Waals surface area contributed by atoms with E-state index in [9.17, 15) is 37.1 Å². The van der Waals surface area contributed by atoms with Crippen LogP contribution in [-0.4, -0.2) is 70.8 Å². The molecule has 11 nitrogen and oxygen atoms in total. The molecule has 2 N–H and O–H groups in total. The first kappa shape index (κ1) is 34.2. The number of likely N-dealkylation sites (N-methyl/N-ethyl adjacent to an activating group) is 1. The van der Waals surface area contributed by atoms with Gasteiger partial charge in [-0.05, 0) is 56.7 Å². The molecule has 3 aromatic rings. The average Bonchev–Trinajstić information content (AvgIpc) is 3.59. The lowest BCUT2D eigenvalue weighted by molar-refractivity contribution is -0.137. The minimum absolute atomic E-state index is 0.0163. The van der Waals surface area contributed by atoms with Gasteiger partial charge < -0.3 is 20.3 Å². The van der Waals surface area contributed by atoms with E-state index in [4.69, 9.17) is 11.6 Å². The standard InChI is InChI=1S/C33H30ClF3N6O5/c1-32(2,31(48)40-21-8-11-25(26(34)13-21)33(35,36)37)42-18-19(15-39-42)6-7-20-16-41(17-20)22-9-10-23-24(14-22)30(47)43(29(23)46)27(5-4-12-44)28(45)38-3/h8-15,18,20,27H,4-5,16-17H2,1-3H3,(H,38,45)(H,40,48). The van der Waals surface area contributed by atoms with E-state index in [-0.39, 0.29) is 35.6 Å². The van der Waals surface area contributed by atoms with E-state index in [2.05, 4.69) is 27.6 Å². The van der Waals surface area contributed by atoms with E-state index in [0.29, 0.717) is 30.6 Å². The molecule has 2 aromatic carbocycles. The van der Waals surface area contributed by atoms with E-state index < -0.39 is 52.0 Å². The maximum Gasteiger partial charge on any atom is 0.417 e. The Morgan fingerprint density at radius 1 is 1.10 bits per heavy atom. The summed E-state index contributed by atoms with van der Waals surface area (Å²) in [5.74, 6) is 3.96. The second-order valence-corrected chi connectivity index (χ2v) is 12.2. The molecule has 15 heteroatoms. The zero-order valence-corrected chi connectivity index (χ0v) is 26.8. The average molecular weight is 683 g/mol. The van der Waals surface area contributed by atoms with Crippen LogP contribution in [0, 0.1) is 17.8 Å². The summed E-state index contributed by atoms with van der Waals surface area (Å²) in [6.45, 7) is 4.30. The van der Waals surface area contributed by atoms with E-state index in [1.165, 1.54) is 17.9 Å². The normalized spacial score (nSPS) is 15.3. The number of nitrogens with zero attached hydrogens (tertiary/aromatic N) is 4. The number of fused-ring (bicyclic) bond motifs is 1. The lowest BCUT2D eigenvalue weighted by atomic mass is 9.98. The van der Waals surface area contributed by atoms with Crippen molar-refractivity contribution < 1.29 is 37.1 Å². The number of aromatic nitrogens is 2. The predicted octanol–water partition coefficient (Wildman–Crippen LogP) is 4.11. The first-order valence-electron chi connectivity index (χ1n) is 14.8. The highest BCUT2D eigenvalue weighted by Gasteiger charge is 2.43. The molecule has 1 aromatic heterocycles. The molecule has 48 heavy (non-hydrogen) atoms. The number of amides is 4. The number of aldehydes is 1. The van der Waals surface area contributed by atoms with Crippen molar-refractivity contribution in [1.29, 1.82) is 0 Å². The summed E-state index contributed by atoms with van der Waals surface area (Å²) < 4.78 is 40.5. The molecule has 2 aliphatic heterocycles. The van der Waals surface area contributed by atoms with Crippen LogP contribution in [0.2, 0.25) is 5.02 Å². The second kappa shape index (κ2) is 13.2. The van der Waals surface area contributed by atoms with Crippen LogP contribution in [-0.2, 0) is 26.1 Å². The van der Waals surface area contributed by atoms with Gasteiger partial charge in [-0.2, -0.15) is 18.3 Å². The maximum atomic E-state index is 13.2. The molecule has 3 heterocycles. The Balaban J connectivity index is 1.20. The minimum atomic E-state index is -4.62. The molecule has 0 saturated carbocycles. The van der Waals surface area contributed by atoms with Gasteiger partial charge in [-0.15, -0.1) is 0 Å². The second-order valence-electron chi connectivity index (χ2n) is 11.8. The number of anilines is 2. The summed E-state index contributed by atoms with van der Waals surface area (Å²) in [6.07, 6.45) is -0.845. The third-order valence-corrected chi connectivity index (χ3v) is 8.54. The SMILES string of the molecule is CNC(=O)C(CCC=O)N1C(=O)c2ccc(N3CC(C#Cc4cnn(C(C)(C)C(=O)Nc5ccc(C(F)(F)F)c(Cl)c5)c4)C3)cc2C1=O. The van der Waals surface area contributed by atoms with Crippen molar-refractivity contribution in [3.05, 3.63) is 76.1 Å². The van der Waals surface area contributed by atoms with Gasteiger partial charge in [0.05, 0.1) is 39.4 Å². The van der Waals surface area contributed by atoms with Gasteiger partial charge in [-0.25, -0.2) is 0 Å².